The molecule has 3 heteroatoms. The van der Waals surface area contributed by atoms with Crippen LogP contribution in [0.3, 0.4) is 0 Å². The van der Waals surface area contributed by atoms with Crippen LogP contribution < -0.4 is 10.1 Å². The third-order valence-corrected chi connectivity index (χ3v) is 3.38. The highest BCUT2D eigenvalue weighted by molar-refractivity contribution is 9.10. The summed E-state index contributed by atoms with van der Waals surface area (Å²) in [7, 11) is 1.69. The number of nitrogens with one attached hydrogen (secondary N) is 1. The molecule has 0 amide bonds. The fraction of sp³-hybridized carbons (Fsp3) is 0.500. The first-order chi connectivity index (χ1) is 7.29. The van der Waals surface area contributed by atoms with Crippen LogP contribution in [0, 0.1) is 5.92 Å². The smallest absolute Gasteiger partial charge is 0.135 e. The van der Waals surface area contributed by atoms with E-state index in [1.54, 1.807) is 7.11 Å². The Morgan fingerprint density at radius 3 is 2.93 bits per heavy atom. The average Bonchev–Trinajstić information content (AvgIpc) is 3.04. The van der Waals surface area contributed by atoms with Crippen LogP contribution in [0.4, 0.5) is 5.69 Å². The van der Waals surface area contributed by atoms with Crippen molar-refractivity contribution in [2.24, 2.45) is 5.92 Å². The van der Waals surface area contributed by atoms with Gasteiger partial charge in [-0.25, -0.2) is 0 Å². The van der Waals surface area contributed by atoms with E-state index in [1.165, 1.54) is 19.3 Å². The predicted molar refractivity (Wildman–Crippen MR) is 66.5 cm³/mol. The minimum atomic E-state index is 0.881. The normalized spacial score (nSPS) is 15.1. The van der Waals surface area contributed by atoms with Crippen molar-refractivity contribution < 1.29 is 4.74 Å². The summed E-state index contributed by atoms with van der Waals surface area (Å²) >= 11 is 3.44. The molecule has 1 aliphatic rings. The lowest BCUT2D eigenvalue weighted by Crippen LogP contribution is -2.02. The van der Waals surface area contributed by atoms with E-state index < -0.39 is 0 Å². The molecule has 1 saturated carbocycles. The molecule has 0 heterocycles. The lowest BCUT2D eigenvalue weighted by Gasteiger charge is -2.08. The second-order valence-corrected chi connectivity index (χ2v) is 4.86. The van der Waals surface area contributed by atoms with E-state index >= 15 is 0 Å². The number of halogens is 1. The summed E-state index contributed by atoms with van der Waals surface area (Å²) < 4.78 is 6.24. The van der Waals surface area contributed by atoms with E-state index in [2.05, 4.69) is 27.3 Å². The lowest BCUT2D eigenvalue weighted by molar-refractivity contribution is 0.412. The maximum absolute atomic E-state index is 5.24. The molecule has 1 N–H and O–H groups in total. The summed E-state index contributed by atoms with van der Waals surface area (Å²) in [4.78, 5) is 0. The molecule has 0 saturated heterocycles. The molecule has 1 fully saturated rings. The highest BCUT2D eigenvalue weighted by atomic mass is 79.9. The summed E-state index contributed by atoms with van der Waals surface area (Å²) in [5.41, 5.74) is 1.13. The van der Waals surface area contributed by atoms with E-state index in [9.17, 15) is 0 Å². The fourth-order valence-corrected chi connectivity index (χ4v) is 2.01. The summed E-state index contributed by atoms with van der Waals surface area (Å²) in [6, 6.07) is 6.11. The standard InChI is InChI=1S/C12H16BrNO/c1-15-12-8-10(4-5-11(12)13)14-7-6-9-2-3-9/h4-5,8-9,14H,2-3,6-7H2,1H3. The van der Waals surface area contributed by atoms with Crippen molar-refractivity contribution in [1.29, 1.82) is 0 Å². The molecule has 0 aromatic heterocycles. The predicted octanol–water partition coefficient (Wildman–Crippen LogP) is 3.67. The summed E-state index contributed by atoms with van der Waals surface area (Å²) in [5.74, 6) is 1.86. The Bertz CT molecular complexity index is 336. The number of anilines is 1. The van der Waals surface area contributed by atoms with Gasteiger partial charge < -0.3 is 10.1 Å². The molecule has 0 aliphatic heterocycles. The SMILES string of the molecule is COc1cc(NCCC2CC2)ccc1Br. The fourth-order valence-electron chi connectivity index (χ4n) is 1.60. The number of methoxy groups -OCH3 is 1. The summed E-state index contributed by atoms with van der Waals surface area (Å²) in [6.45, 7) is 1.06. The molecule has 0 atom stereocenters. The van der Waals surface area contributed by atoms with Crippen molar-refractivity contribution in [1.82, 2.24) is 0 Å². The summed E-state index contributed by atoms with van der Waals surface area (Å²) in [5, 5.41) is 3.42. The third kappa shape index (κ3) is 3.13. The van der Waals surface area contributed by atoms with Gasteiger partial charge in [0.2, 0.25) is 0 Å². The molecular formula is C12H16BrNO. The molecule has 0 spiro atoms. The van der Waals surface area contributed by atoms with E-state index in [-0.39, 0.29) is 0 Å². The minimum Gasteiger partial charge on any atom is -0.495 e. The Labute approximate surface area is 99.1 Å². The number of benzene rings is 1. The molecule has 82 valence electrons. The molecular weight excluding hydrogens is 254 g/mol. The first kappa shape index (κ1) is 10.8. The number of hydrogen-bond acceptors (Lipinski definition) is 2. The molecule has 1 aromatic rings. The van der Waals surface area contributed by atoms with Crippen LogP contribution in [0.5, 0.6) is 5.75 Å². The van der Waals surface area contributed by atoms with Gasteiger partial charge in [0.1, 0.15) is 5.75 Å². The van der Waals surface area contributed by atoms with Crippen molar-refractivity contribution in [3.05, 3.63) is 22.7 Å². The molecule has 0 unspecified atom stereocenters. The Kier molecular flexibility index (Phi) is 3.52. The first-order valence-corrected chi connectivity index (χ1v) is 6.16. The highest BCUT2D eigenvalue weighted by Gasteiger charge is 2.20. The molecule has 1 aliphatic carbocycles. The van der Waals surface area contributed by atoms with Gasteiger partial charge in [-0.2, -0.15) is 0 Å². The number of ether oxygens (including phenoxy) is 1. The maximum Gasteiger partial charge on any atom is 0.135 e. The topological polar surface area (TPSA) is 21.3 Å². The summed E-state index contributed by atoms with van der Waals surface area (Å²) in [6.07, 6.45) is 4.13. The Balaban J connectivity index is 1.89. The van der Waals surface area contributed by atoms with Gasteiger partial charge in [-0.15, -0.1) is 0 Å². The number of rotatable bonds is 5. The molecule has 0 radical (unpaired) electrons. The van der Waals surface area contributed by atoms with Gasteiger partial charge >= 0.3 is 0 Å². The van der Waals surface area contributed by atoms with Gasteiger partial charge in [0.05, 0.1) is 11.6 Å². The second kappa shape index (κ2) is 4.88. The molecule has 0 bridgehead atoms. The Morgan fingerprint density at radius 2 is 2.27 bits per heavy atom. The van der Waals surface area contributed by atoms with Gasteiger partial charge in [0, 0.05) is 18.3 Å². The second-order valence-electron chi connectivity index (χ2n) is 4.01. The Morgan fingerprint density at radius 1 is 1.47 bits per heavy atom. The Hall–Kier alpha value is -0.700. The van der Waals surface area contributed by atoms with Crippen LogP contribution >= 0.6 is 15.9 Å². The average molecular weight is 270 g/mol. The van der Waals surface area contributed by atoms with Crippen molar-refractivity contribution in [2.45, 2.75) is 19.3 Å². The van der Waals surface area contributed by atoms with Crippen LogP contribution in [0.15, 0.2) is 22.7 Å². The maximum atomic E-state index is 5.24. The van der Waals surface area contributed by atoms with Crippen LogP contribution in [0.1, 0.15) is 19.3 Å². The zero-order valence-electron chi connectivity index (χ0n) is 8.92. The van der Waals surface area contributed by atoms with Gasteiger partial charge in [0.15, 0.2) is 0 Å². The van der Waals surface area contributed by atoms with E-state index in [0.29, 0.717) is 0 Å². The zero-order chi connectivity index (χ0) is 10.7. The molecule has 15 heavy (non-hydrogen) atoms. The third-order valence-electron chi connectivity index (χ3n) is 2.73. The largest absolute Gasteiger partial charge is 0.495 e. The zero-order valence-corrected chi connectivity index (χ0v) is 10.5. The van der Waals surface area contributed by atoms with Gasteiger partial charge in [-0.05, 0) is 40.4 Å². The molecule has 1 aromatic carbocycles. The van der Waals surface area contributed by atoms with Gasteiger partial charge in [-0.1, -0.05) is 12.8 Å². The van der Waals surface area contributed by atoms with E-state index in [4.69, 9.17) is 4.74 Å². The van der Waals surface area contributed by atoms with Gasteiger partial charge in [-0.3, -0.25) is 0 Å². The number of hydrogen-bond donors (Lipinski definition) is 1. The van der Waals surface area contributed by atoms with Gasteiger partial charge in [0.25, 0.3) is 0 Å². The van der Waals surface area contributed by atoms with E-state index in [1.807, 2.05) is 12.1 Å². The lowest BCUT2D eigenvalue weighted by atomic mass is 10.2. The van der Waals surface area contributed by atoms with Crippen LogP contribution in [-0.2, 0) is 0 Å². The van der Waals surface area contributed by atoms with Crippen molar-refractivity contribution in [3.8, 4) is 5.75 Å². The van der Waals surface area contributed by atoms with Crippen molar-refractivity contribution in [3.63, 3.8) is 0 Å². The molecule has 2 rings (SSSR count). The van der Waals surface area contributed by atoms with E-state index in [0.717, 1.165) is 28.4 Å². The molecule has 2 nitrogen and oxygen atoms in total. The quantitative estimate of drug-likeness (QED) is 0.881. The highest BCUT2D eigenvalue weighted by Crippen LogP contribution is 2.32. The van der Waals surface area contributed by atoms with Crippen LogP contribution in [-0.4, -0.2) is 13.7 Å². The first-order valence-electron chi connectivity index (χ1n) is 5.37. The van der Waals surface area contributed by atoms with Crippen molar-refractivity contribution >= 4 is 21.6 Å². The van der Waals surface area contributed by atoms with Crippen LogP contribution in [0.2, 0.25) is 0 Å². The monoisotopic (exact) mass is 269 g/mol. The van der Waals surface area contributed by atoms with Crippen molar-refractivity contribution in [2.75, 3.05) is 19.0 Å². The minimum absolute atomic E-state index is 0.881. The van der Waals surface area contributed by atoms with Crippen LogP contribution in [0.25, 0.3) is 0 Å².